The number of halogens is 2. The third-order valence-corrected chi connectivity index (χ3v) is 4.25. The van der Waals surface area contributed by atoms with Gasteiger partial charge in [-0.05, 0) is 33.6 Å². The van der Waals surface area contributed by atoms with Crippen LogP contribution >= 0.6 is 27.5 Å². The Balaban J connectivity index is 1.63. The number of anilines is 1. The van der Waals surface area contributed by atoms with E-state index in [0.29, 0.717) is 21.9 Å². The van der Waals surface area contributed by atoms with Crippen LogP contribution in [0.15, 0.2) is 47.3 Å². The number of nitrogens with zero attached hydrogens (tertiary/aromatic N) is 4. The summed E-state index contributed by atoms with van der Waals surface area (Å²) in [6.45, 7) is 0.399. The number of carbonyl (C=O) groups excluding carboxylic acids is 1. The summed E-state index contributed by atoms with van der Waals surface area (Å²) in [6.07, 6.45) is 4.23. The predicted molar refractivity (Wildman–Crippen MR) is 98.3 cm³/mol. The zero-order valence-electron chi connectivity index (χ0n) is 13.3. The molecule has 0 radical (unpaired) electrons. The van der Waals surface area contributed by atoms with Crippen LogP contribution in [0.2, 0.25) is 5.02 Å². The first-order chi connectivity index (χ1) is 12.4. The van der Waals surface area contributed by atoms with E-state index in [1.807, 2.05) is 12.1 Å². The summed E-state index contributed by atoms with van der Waals surface area (Å²) in [5, 5.41) is 20.3. The zero-order valence-corrected chi connectivity index (χ0v) is 15.6. The fourth-order valence-electron chi connectivity index (χ4n) is 2.22. The van der Waals surface area contributed by atoms with Gasteiger partial charge >= 0.3 is 5.97 Å². The lowest BCUT2D eigenvalue weighted by Crippen LogP contribution is -2.19. The van der Waals surface area contributed by atoms with Crippen molar-refractivity contribution in [2.75, 3.05) is 5.32 Å². The molecule has 0 atom stereocenters. The van der Waals surface area contributed by atoms with Crippen molar-refractivity contribution in [2.24, 2.45) is 0 Å². The summed E-state index contributed by atoms with van der Waals surface area (Å²) >= 11 is 9.23. The van der Waals surface area contributed by atoms with Crippen molar-refractivity contribution in [3.63, 3.8) is 0 Å². The number of benzene rings is 1. The van der Waals surface area contributed by atoms with Crippen molar-refractivity contribution in [1.82, 2.24) is 19.6 Å². The van der Waals surface area contributed by atoms with E-state index in [4.69, 9.17) is 16.7 Å². The Morgan fingerprint density at radius 2 is 1.92 bits per heavy atom. The summed E-state index contributed by atoms with van der Waals surface area (Å²) in [5.41, 5.74) is 1.03. The van der Waals surface area contributed by atoms with Crippen molar-refractivity contribution < 1.29 is 14.7 Å². The minimum atomic E-state index is -1.10. The third kappa shape index (κ3) is 4.50. The van der Waals surface area contributed by atoms with Crippen LogP contribution in [0.5, 0.6) is 0 Å². The number of carboxylic acid groups (broad SMARTS) is 1. The molecule has 0 saturated heterocycles. The topological polar surface area (TPSA) is 102 Å². The quantitative estimate of drug-likeness (QED) is 0.616. The molecule has 2 N–H and O–H groups in total. The van der Waals surface area contributed by atoms with Crippen LogP contribution in [0.4, 0.5) is 5.82 Å². The van der Waals surface area contributed by atoms with Gasteiger partial charge in [-0.25, -0.2) is 4.79 Å². The van der Waals surface area contributed by atoms with Crippen molar-refractivity contribution >= 4 is 45.2 Å². The molecule has 134 valence electrons. The van der Waals surface area contributed by atoms with Crippen LogP contribution in [0.1, 0.15) is 15.9 Å². The van der Waals surface area contributed by atoms with Crippen molar-refractivity contribution in [2.45, 2.75) is 13.1 Å². The first-order valence-corrected chi connectivity index (χ1v) is 8.61. The molecule has 3 rings (SSSR count). The molecule has 2 heterocycles. The fourth-order valence-corrected chi connectivity index (χ4v) is 2.76. The fraction of sp³-hybridized carbons (Fsp3) is 0.125. The minimum absolute atomic E-state index is 0.0197. The Labute approximate surface area is 161 Å². The van der Waals surface area contributed by atoms with Gasteiger partial charge in [0, 0.05) is 17.4 Å². The highest BCUT2D eigenvalue weighted by Gasteiger charge is 2.13. The number of amides is 1. The van der Waals surface area contributed by atoms with E-state index < -0.39 is 5.97 Å². The number of aromatic carboxylic acids is 1. The van der Waals surface area contributed by atoms with Crippen LogP contribution in [0.25, 0.3) is 0 Å². The Morgan fingerprint density at radius 1 is 1.19 bits per heavy atom. The molecule has 0 aliphatic rings. The predicted octanol–water partition coefficient (Wildman–Crippen LogP) is 2.88. The highest BCUT2D eigenvalue weighted by atomic mass is 79.9. The number of rotatable bonds is 6. The molecule has 0 unspecified atom stereocenters. The molecule has 0 aliphatic heterocycles. The first-order valence-electron chi connectivity index (χ1n) is 7.43. The molecule has 0 fully saturated rings. The maximum Gasteiger partial charge on any atom is 0.338 e. The van der Waals surface area contributed by atoms with E-state index in [1.165, 1.54) is 17.1 Å². The molecule has 2 aromatic heterocycles. The van der Waals surface area contributed by atoms with Gasteiger partial charge in [-0.1, -0.05) is 23.7 Å². The van der Waals surface area contributed by atoms with Crippen molar-refractivity contribution in [1.29, 1.82) is 0 Å². The molecular formula is C16H13BrClN5O3. The highest BCUT2D eigenvalue weighted by Crippen LogP contribution is 2.21. The second-order valence-electron chi connectivity index (χ2n) is 5.43. The standard InChI is InChI=1S/C16H13BrClN5O3/c17-13-8-23(6-10-1-3-12(18)4-2-10)21-15(13)20-14(24)9-22-7-11(5-19-22)16(25)26/h1-5,7-8H,6,9H2,(H,25,26)(H,20,21,24). The number of carbonyl (C=O) groups is 2. The van der Waals surface area contributed by atoms with E-state index in [2.05, 4.69) is 31.4 Å². The van der Waals surface area contributed by atoms with E-state index in [0.717, 1.165) is 5.56 Å². The van der Waals surface area contributed by atoms with Gasteiger partial charge in [-0.3, -0.25) is 14.2 Å². The number of hydrogen-bond acceptors (Lipinski definition) is 4. The normalized spacial score (nSPS) is 10.7. The molecular weight excluding hydrogens is 426 g/mol. The molecule has 0 spiro atoms. The Morgan fingerprint density at radius 3 is 2.58 bits per heavy atom. The smallest absolute Gasteiger partial charge is 0.338 e. The van der Waals surface area contributed by atoms with Crippen LogP contribution in [0.3, 0.4) is 0 Å². The Bertz CT molecular complexity index is 951. The van der Waals surface area contributed by atoms with Gasteiger partial charge in [0.05, 0.1) is 22.8 Å². The average molecular weight is 439 g/mol. The van der Waals surface area contributed by atoms with E-state index >= 15 is 0 Å². The van der Waals surface area contributed by atoms with Gasteiger partial charge in [-0.15, -0.1) is 0 Å². The van der Waals surface area contributed by atoms with Gasteiger partial charge in [0.15, 0.2) is 5.82 Å². The van der Waals surface area contributed by atoms with Gasteiger partial charge in [-0.2, -0.15) is 10.2 Å². The summed E-state index contributed by atoms with van der Waals surface area (Å²) in [4.78, 5) is 22.9. The monoisotopic (exact) mass is 437 g/mol. The summed E-state index contributed by atoms with van der Waals surface area (Å²) in [5.74, 6) is -1.10. The van der Waals surface area contributed by atoms with E-state index in [1.54, 1.807) is 23.0 Å². The largest absolute Gasteiger partial charge is 0.478 e. The van der Waals surface area contributed by atoms with Gasteiger partial charge in [0.1, 0.15) is 6.54 Å². The molecule has 10 heteroatoms. The summed E-state index contributed by atoms with van der Waals surface area (Å²) < 4.78 is 3.56. The van der Waals surface area contributed by atoms with E-state index in [-0.39, 0.29) is 18.0 Å². The molecule has 0 bridgehead atoms. The van der Waals surface area contributed by atoms with Gasteiger partial charge in [0.25, 0.3) is 0 Å². The molecule has 0 saturated carbocycles. The second-order valence-corrected chi connectivity index (χ2v) is 6.72. The molecule has 8 nitrogen and oxygen atoms in total. The second kappa shape index (κ2) is 7.71. The average Bonchev–Trinajstić information content (AvgIpc) is 3.17. The maximum absolute atomic E-state index is 12.1. The van der Waals surface area contributed by atoms with Gasteiger partial charge in [0.2, 0.25) is 5.91 Å². The molecule has 1 amide bonds. The summed E-state index contributed by atoms with van der Waals surface area (Å²) in [6, 6.07) is 7.39. The summed E-state index contributed by atoms with van der Waals surface area (Å²) in [7, 11) is 0. The van der Waals surface area contributed by atoms with Crippen LogP contribution in [-0.4, -0.2) is 36.5 Å². The number of hydrogen-bond donors (Lipinski definition) is 2. The molecule has 1 aromatic carbocycles. The van der Waals surface area contributed by atoms with E-state index in [9.17, 15) is 9.59 Å². The molecule has 26 heavy (non-hydrogen) atoms. The maximum atomic E-state index is 12.1. The number of carboxylic acids is 1. The lowest BCUT2D eigenvalue weighted by Gasteiger charge is -2.04. The first kappa shape index (κ1) is 18.2. The third-order valence-electron chi connectivity index (χ3n) is 3.42. The van der Waals surface area contributed by atoms with Crippen molar-refractivity contribution in [3.8, 4) is 0 Å². The minimum Gasteiger partial charge on any atom is -0.478 e. The van der Waals surface area contributed by atoms with Gasteiger partial charge < -0.3 is 10.4 Å². The molecule has 3 aromatic rings. The SMILES string of the molecule is O=C(Cn1cc(C(=O)O)cn1)Nc1nn(Cc2ccc(Cl)cc2)cc1Br. The Hall–Kier alpha value is -2.65. The molecule has 0 aliphatic carbocycles. The number of nitrogens with one attached hydrogen (secondary N) is 1. The highest BCUT2D eigenvalue weighted by molar-refractivity contribution is 9.10. The van der Waals surface area contributed by atoms with Crippen molar-refractivity contribution in [3.05, 3.63) is 63.5 Å². The number of aromatic nitrogens is 4. The Kier molecular flexibility index (Phi) is 5.38. The van der Waals surface area contributed by atoms with Crippen LogP contribution < -0.4 is 5.32 Å². The lowest BCUT2D eigenvalue weighted by atomic mass is 10.2. The van der Waals surface area contributed by atoms with Crippen LogP contribution in [0, 0.1) is 0 Å². The lowest BCUT2D eigenvalue weighted by molar-refractivity contribution is -0.116. The van der Waals surface area contributed by atoms with Crippen LogP contribution in [-0.2, 0) is 17.9 Å². The zero-order chi connectivity index (χ0) is 18.7.